The fourth-order valence-corrected chi connectivity index (χ4v) is 3.21. The molecule has 2 aliphatic heterocycles. The van der Waals surface area contributed by atoms with Crippen LogP contribution in [0.5, 0.6) is 0 Å². The number of nitrogen functional groups attached to an aromatic ring is 1. The number of likely N-dealkylation sites (tertiary alicyclic amines) is 1. The van der Waals surface area contributed by atoms with E-state index in [1.807, 2.05) is 9.80 Å². The highest BCUT2D eigenvalue weighted by Crippen LogP contribution is 2.26. The van der Waals surface area contributed by atoms with Crippen molar-refractivity contribution in [2.45, 2.75) is 38.1 Å². The largest absolute Gasteiger partial charge is 0.381 e. The van der Waals surface area contributed by atoms with Crippen LogP contribution in [-0.4, -0.2) is 46.5 Å². The first-order valence-corrected chi connectivity index (χ1v) is 7.47. The molecule has 1 aromatic rings. The summed E-state index contributed by atoms with van der Waals surface area (Å²) in [5.41, 5.74) is 5.51. The first-order valence-electron chi connectivity index (χ1n) is 7.47. The van der Waals surface area contributed by atoms with Gasteiger partial charge in [-0.25, -0.2) is 9.97 Å². The Morgan fingerprint density at radius 1 is 1.24 bits per heavy atom. The van der Waals surface area contributed by atoms with Crippen LogP contribution in [0.1, 0.15) is 32.1 Å². The molecule has 2 saturated heterocycles. The van der Waals surface area contributed by atoms with Crippen LogP contribution in [0.3, 0.4) is 0 Å². The van der Waals surface area contributed by atoms with E-state index in [-0.39, 0.29) is 23.6 Å². The van der Waals surface area contributed by atoms with Crippen molar-refractivity contribution in [3.63, 3.8) is 0 Å². The number of anilines is 2. The van der Waals surface area contributed by atoms with E-state index in [9.17, 15) is 9.18 Å². The molecular weight excluding hydrogens is 273 g/mol. The lowest BCUT2D eigenvalue weighted by Gasteiger charge is -2.41. The number of piperidine rings is 2. The molecule has 1 unspecified atom stereocenters. The number of carbonyl (C=O) groups is 1. The van der Waals surface area contributed by atoms with Gasteiger partial charge < -0.3 is 15.5 Å². The van der Waals surface area contributed by atoms with Gasteiger partial charge in [0.15, 0.2) is 11.6 Å². The average molecular weight is 293 g/mol. The van der Waals surface area contributed by atoms with Gasteiger partial charge in [0, 0.05) is 32.1 Å². The van der Waals surface area contributed by atoms with Gasteiger partial charge in [-0.3, -0.25) is 4.79 Å². The van der Waals surface area contributed by atoms with E-state index in [4.69, 9.17) is 5.73 Å². The highest BCUT2D eigenvalue weighted by Gasteiger charge is 2.31. The number of nitrogens with zero attached hydrogens (tertiary/aromatic N) is 4. The second-order valence-electron chi connectivity index (χ2n) is 5.68. The van der Waals surface area contributed by atoms with E-state index >= 15 is 0 Å². The number of carbonyl (C=O) groups excluding carboxylic acids is 1. The Labute approximate surface area is 123 Å². The van der Waals surface area contributed by atoms with Crippen LogP contribution in [-0.2, 0) is 4.79 Å². The van der Waals surface area contributed by atoms with Crippen molar-refractivity contribution in [3.8, 4) is 0 Å². The summed E-state index contributed by atoms with van der Waals surface area (Å²) in [7, 11) is 0. The lowest BCUT2D eigenvalue weighted by Crippen LogP contribution is -2.52. The van der Waals surface area contributed by atoms with Gasteiger partial charge >= 0.3 is 0 Å². The van der Waals surface area contributed by atoms with Crippen LogP contribution in [0.15, 0.2) is 6.33 Å². The Hall–Kier alpha value is -1.92. The Balaban J connectivity index is 1.76. The van der Waals surface area contributed by atoms with E-state index in [1.165, 1.54) is 6.33 Å². The summed E-state index contributed by atoms with van der Waals surface area (Å²) in [6.45, 7) is 2.15. The Morgan fingerprint density at radius 2 is 2.10 bits per heavy atom. The molecule has 3 rings (SSSR count). The maximum absolute atomic E-state index is 14.1. The van der Waals surface area contributed by atoms with Crippen LogP contribution < -0.4 is 10.6 Å². The normalized spacial score (nSPS) is 23.5. The molecular formula is C14H20FN5O. The third-order valence-electron chi connectivity index (χ3n) is 4.29. The average Bonchev–Trinajstić information content (AvgIpc) is 2.51. The van der Waals surface area contributed by atoms with E-state index in [2.05, 4.69) is 9.97 Å². The second-order valence-corrected chi connectivity index (χ2v) is 5.68. The molecule has 2 aliphatic rings. The maximum Gasteiger partial charge on any atom is 0.222 e. The summed E-state index contributed by atoms with van der Waals surface area (Å²) >= 11 is 0. The minimum atomic E-state index is -0.567. The Kier molecular flexibility index (Phi) is 3.90. The van der Waals surface area contributed by atoms with Gasteiger partial charge in [0.05, 0.1) is 0 Å². The number of amides is 1. The van der Waals surface area contributed by atoms with E-state index in [0.717, 1.165) is 38.8 Å². The van der Waals surface area contributed by atoms with Gasteiger partial charge in [-0.15, -0.1) is 0 Å². The van der Waals surface area contributed by atoms with E-state index in [1.54, 1.807) is 0 Å². The molecule has 114 valence electrons. The third-order valence-corrected chi connectivity index (χ3v) is 4.29. The van der Waals surface area contributed by atoms with Crippen LogP contribution in [0.25, 0.3) is 0 Å². The number of aromatic nitrogens is 2. The predicted octanol–water partition coefficient (Wildman–Crippen LogP) is 1.18. The second kappa shape index (κ2) is 5.83. The number of hydrogen-bond donors (Lipinski definition) is 1. The fourth-order valence-electron chi connectivity index (χ4n) is 3.21. The molecule has 0 aromatic carbocycles. The number of hydrogen-bond acceptors (Lipinski definition) is 5. The van der Waals surface area contributed by atoms with E-state index < -0.39 is 5.82 Å². The summed E-state index contributed by atoms with van der Waals surface area (Å²) in [5.74, 6) is -0.230. The highest BCUT2D eigenvalue weighted by molar-refractivity contribution is 5.77. The van der Waals surface area contributed by atoms with Crippen molar-refractivity contribution >= 4 is 17.5 Å². The number of rotatable bonds is 2. The lowest BCUT2D eigenvalue weighted by molar-refractivity contribution is -0.135. The zero-order valence-electron chi connectivity index (χ0n) is 12.0. The first-order chi connectivity index (χ1) is 10.2. The SMILES string of the molecule is Nc1ncnc(N2CCCC(N3CCCCC3=O)C2)c1F. The molecule has 2 N–H and O–H groups in total. The summed E-state index contributed by atoms with van der Waals surface area (Å²) in [6, 6.07) is 0.141. The summed E-state index contributed by atoms with van der Waals surface area (Å²) in [6.07, 6.45) is 5.82. The smallest absolute Gasteiger partial charge is 0.222 e. The van der Waals surface area contributed by atoms with Crippen molar-refractivity contribution < 1.29 is 9.18 Å². The summed E-state index contributed by atoms with van der Waals surface area (Å²) < 4.78 is 14.1. The standard InChI is InChI=1S/C14H20FN5O/c15-12-13(16)17-9-18-14(12)19-6-3-4-10(8-19)20-7-2-1-5-11(20)21/h9-10H,1-8H2,(H2,16,17,18). The zero-order chi connectivity index (χ0) is 14.8. The molecule has 0 aliphatic carbocycles. The fraction of sp³-hybridized carbons (Fsp3) is 0.643. The third kappa shape index (κ3) is 2.77. The molecule has 1 amide bonds. The van der Waals surface area contributed by atoms with Crippen molar-refractivity contribution in [2.24, 2.45) is 0 Å². The van der Waals surface area contributed by atoms with Gasteiger partial charge in [-0.1, -0.05) is 0 Å². The molecule has 21 heavy (non-hydrogen) atoms. The van der Waals surface area contributed by atoms with Crippen LogP contribution in [0.2, 0.25) is 0 Å². The van der Waals surface area contributed by atoms with Crippen LogP contribution >= 0.6 is 0 Å². The van der Waals surface area contributed by atoms with Gasteiger partial charge in [0.1, 0.15) is 6.33 Å². The van der Waals surface area contributed by atoms with Crippen LogP contribution in [0.4, 0.5) is 16.0 Å². The van der Waals surface area contributed by atoms with Gasteiger partial charge in [0.25, 0.3) is 0 Å². The molecule has 0 radical (unpaired) electrons. The minimum absolute atomic E-state index is 0.129. The minimum Gasteiger partial charge on any atom is -0.381 e. The highest BCUT2D eigenvalue weighted by atomic mass is 19.1. The summed E-state index contributed by atoms with van der Waals surface area (Å²) in [4.78, 5) is 23.6. The van der Waals surface area contributed by atoms with Crippen molar-refractivity contribution in [3.05, 3.63) is 12.1 Å². The molecule has 3 heterocycles. The maximum atomic E-state index is 14.1. The van der Waals surface area contributed by atoms with Crippen molar-refractivity contribution in [1.82, 2.24) is 14.9 Å². The molecule has 6 nitrogen and oxygen atoms in total. The molecule has 7 heteroatoms. The molecule has 1 aromatic heterocycles. The van der Waals surface area contributed by atoms with E-state index in [0.29, 0.717) is 13.0 Å². The first kappa shape index (κ1) is 14.0. The van der Waals surface area contributed by atoms with Crippen LogP contribution in [0, 0.1) is 5.82 Å². The van der Waals surface area contributed by atoms with Crippen molar-refractivity contribution in [1.29, 1.82) is 0 Å². The quantitative estimate of drug-likeness (QED) is 0.886. The monoisotopic (exact) mass is 293 g/mol. The van der Waals surface area contributed by atoms with Crippen molar-refractivity contribution in [2.75, 3.05) is 30.3 Å². The predicted molar refractivity (Wildman–Crippen MR) is 77.2 cm³/mol. The topological polar surface area (TPSA) is 75.3 Å². The molecule has 0 saturated carbocycles. The van der Waals surface area contributed by atoms with Gasteiger partial charge in [-0.2, -0.15) is 4.39 Å². The number of halogens is 1. The van der Waals surface area contributed by atoms with Gasteiger partial charge in [0.2, 0.25) is 11.7 Å². The summed E-state index contributed by atoms with van der Waals surface area (Å²) in [5, 5.41) is 0. The molecule has 1 atom stereocenters. The molecule has 0 spiro atoms. The zero-order valence-corrected chi connectivity index (χ0v) is 12.0. The molecule has 2 fully saturated rings. The lowest BCUT2D eigenvalue weighted by atomic mass is 10.0. The number of nitrogens with two attached hydrogens (primary N) is 1. The molecule has 0 bridgehead atoms. The van der Waals surface area contributed by atoms with Gasteiger partial charge in [-0.05, 0) is 25.7 Å². The Bertz CT molecular complexity index is 538. The Morgan fingerprint density at radius 3 is 2.90 bits per heavy atom.